The number of hydrogen-bond donors (Lipinski definition) is 1. The van der Waals surface area contributed by atoms with Crippen LogP contribution in [0.5, 0.6) is 0 Å². The number of aromatic nitrogens is 2. The highest BCUT2D eigenvalue weighted by Gasteiger charge is 2.12. The lowest BCUT2D eigenvalue weighted by Crippen LogP contribution is -2.02. The maximum atomic E-state index is 11.4. The molecule has 2 aromatic heterocycles. The third-order valence-electron chi connectivity index (χ3n) is 4.66. The van der Waals surface area contributed by atoms with Gasteiger partial charge in [0.2, 0.25) is 0 Å². The molecule has 0 aliphatic heterocycles. The van der Waals surface area contributed by atoms with Crippen molar-refractivity contribution in [1.29, 1.82) is 0 Å². The number of carbonyl (C=O) groups is 2. The molecule has 4 aromatic rings. The van der Waals surface area contributed by atoms with Crippen molar-refractivity contribution in [2.24, 2.45) is 0 Å². The average Bonchev–Trinajstić information content (AvgIpc) is 2.85. The molecule has 2 aromatic carbocycles. The quantitative estimate of drug-likeness (QED) is 0.208. The highest BCUT2D eigenvalue weighted by Crippen LogP contribution is 2.29. The van der Waals surface area contributed by atoms with Crippen LogP contribution in [-0.2, 0) is 4.74 Å². The second-order valence-corrected chi connectivity index (χ2v) is 8.52. The Morgan fingerprint density at radius 2 is 1.11 bits per heavy atom. The first-order valence-electron chi connectivity index (χ1n) is 9.84. The molecule has 0 unspecified atom stereocenters. The highest BCUT2D eigenvalue weighted by molar-refractivity contribution is 6.33. The molecule has 0 atom stereocenters. The molecular weight excluding hydrogens is 534 g/mol. The molecule has 0 aliphatic carbocycles. The Morgan fingerprint density at radius 1 is 0.714 bits per heavy atom. The molecule has 0 spiro atoms. The van der Waals surface area contributed by atoms with Crippen molar-refractivity contribution in [2.45, 2.75) is 0 Å². The predicted molar refractivity (Wildman–Crippen MR) is 138 cm³/mol. The molecule has 0 amide bonds. The van der Waals surface area contributed by atoms with Gasteiger partial charge < -0.3 is 9.84 Å². The van der Waals surface area contributed by atoms with Crippen LogP contribution in [0.15, 0.2) is 73.1 Å². The minimum atomic E-state index is -1.04. The molecule has 6 nitrogen and oxygen atoms in total. The van der Waals surface area contributed by atoms with E-state index in [1.807, 2.05) is 12.1 Å². The summed E-state index contributed by atoms with van der Waals surface area (Å²) in [6, 6.07) is 17.2. The Balaban J connectivity index is 0.000000196. The second-order valence-electron chi connectivity index (χ2n) is 6.94. The number of rotatable bonds is 4. The van der Waals surface area contributed by atoms with Gasteiger partial charge in [0.05, 0.1) is 18.2 Å². The number of carboxylic acids is 1. The Morgan fingerprint density at radius 3 is 1.51 bits per heavy atom. The zero-order valence-corrected chi connectivity index (χ0v) is 21.0. The van der Waals surface area contributed by atoms with Gasteiger partial charge in [-0.2, -0.15) is 0 Å². The van der Waals surface area contributed by atoms with Crippen molar-refractivity contribution in [1.82, 2.24) is 9.97 Å². The first-order valence-corrected chi connectivity index (χ1v) is 11.4. The maximum Gasteiger partial charge on any atom is 0.339 e. The number of benzene rings is 2. The van der Waals surface area contributed by atoms with E-state index in [9.17, 15) is 9.59 Å². The van der Waals surface area contributed by atoms with Gasteiger partial charge in [0, 0.05) is 33.6 Å². The zero-order valence-electron chi connectivity index (χ0n) is 18.0. The molecule has 10 heteroatoms. The fourth-order valence-electron chi connectivity index (χ4n) is 2.91. The van der Waals surface area contributed by atoms with Crippen LogP contribution in [0.2, 0.25) is 20.4 Å². The van der Waals surface area contributed by atoms with Crippen LogP contribution < -0.4 is 0 Å². The SMILES string of the molecule is COC(=O)c1cnc(Cl)c(-c2ccc(Cl)cc2)c1.O=C(O)c1cnc(Cl)c(-c2ccc(Cl)cc2)c1. The van der Waals surface area contributed by atoms with Crippen LogP contribution in [-0.4, -0.2) is 34.1 Å². The van der Waals surface area contributed by atoms with Crippen LogP contribution in [0.25, 0.3) is 22.3 Å². The van der Waals surface area contributed by atoms with E-state index < -0.39 is 11.9 Å². The minimum absolute atomic E-state index is 0.0966. The van der Waals surface area contributed by atoms with Gasteiger partial charge in [-0.15, -0.1) is 0 Å². The molecule has 1 N–H and O–H groups in total. The molecule has 2 heterocycles. The van der Waals surface area contributed by atoms with Gasteiger partial charge >= 0.3 is 11.9 Å². The van der Waals surface area contributed by atoms with Crippen molar-refractivity contribution in [3.63, 3.8) is 0 Å². The van der Waals surface area contributed by atoms with E-state index in [-0.39, 0.29) is 10.7 Å². The van der Waals surface area contributed by atoms with Crippen LogP contribution in [0.1, 0.15) is 20.7 Å². The third kappa shape index (κ3) is 6.93. The van der Waals surface area contributed by atoms with Gasteiger partial charge in [-0.25, -0.2) is 19.6 Å². The highest BCUT2D eigenvalue weighted by atomic mass is 35.5. The van der Waals surface area contributed by atoms with Crippen molar-refractivity contribution >= 4 is 58.3 Å². The van der Waals surface area contributed by atoms with Gasteiger partial charge in [0.1, 0.15) is 10.3 Å². The Bertz CT molecular complexity index is 1360. The summed E-state index contributed by atoms with van der Waals surface area (Å²) in [5.74, 6) is -1.49. The van der Waals surface area contributed by atoms with Crippen LogP contribution in [0, 0.1) is 0 Å². The zero-order chi connectivity index (χ0) is 25.5. The van der Waals surface area contributed by atoms with Gasteiger partial charge in [0.25, 0.3) is 0 Å². The van der Waals surface area contributed by atoms with Gasteiger partial charge in [0.15, 0.2) is 0 Å². The summed E-state index contributed by atoms with van der Waals surface area (Å²) in [5, 5.41) is 10.7. The molecular formula is C25H16Cl4N2O4. The van der Waals surface area contributed by atoms with E-state index in [0.717, 1.165) is 11.1 Å². The Labute approximate surface area is 221 Å². The summed E-state index contributed by atoms with van der Waals surface area (Å²) >= 11 is 23.6. The number of methoxy groups -OCH3 is 1. The van der Waals surface area contributed by atoms with Crippen molar-refractivity contribution in [3.8, 4) is 22.3 Å². The van der Waals surface area contributed by atoms with Crippen LogP contribution in [0.4, 0.5) is 0 Å². The predicted octanol–water partition coefficient (Wildman–Crippen LogP) is 7.60. The van der Waals surface area contributed by atoms with Crippen molar-refractivity contribution < 1.29 is 19.4 Å². The summed E-state index contributed by atoms with van der Waals surface area (Å²) in [6.45, 7) is 0. The van der Waals surface area contributed by atoms with E-state index in [0.29, 0.717) is 31.9 Å². The van der Waals surface area contributed by atoms with Crippen molar-refractivity contribution in [2.75, 3.05) is 7.11 Å². The summed E-state index contributed by atoms with van der Waals surface area (Å²) in [6.07, 6.45) is 2.61. The monoisotopic (exact) mass is 548 g/mol. The Hall–Kier alpha value is -3.16. The molecule has 0 saturated carbocycles. The minimum Gasteiger partial charge on any atom is -0.478 e. The molecule has 0 aliphatic rings. The normalized spacial score (nSPS) is 10.2. The number of carbonyl (C=O) groups excluding carboxylic acids is 1. The number of aromatic carboxylic acids is 1. The standard InChI is InChI=1S/C13H9Cl2NO2.C12H7Cl2NO2/c1-18-13(17)9-6-11(12(15)16-7-9)8-2-4-10(14)5-3-8;13-9-3-1-7(2-4-9)10-5-8(12(16)17)6-15-11(10)14/h2-7H,1H3;1-6H,(H,16,17). The third-order valence-corrected chi connectivity index (χ3v) is 5.76. The average molecular weight is 550 g/mol. The lowest BCUT2D eigenvalue weighted by molar-refractivity contribution is 0.0599. The number of pyridine rings is 2. The van der Waals surface area contributed by atoms with Crippen molar-refractivity contribution in [3.05, 3.63) is 105 Å². The Kier molecular flexibility index (Phi) is 9.07. The number of halogens is 4. The van der Waals surface area contributed by atoms with Gasteiger partial charge in [-0.3, -0.25) is 0 Å². The molecule has 35 heavy (non-hydrogen) atoms. The smallest absolute Gasteiger partial charge is 0.339 e. The molecule has 4 rings (SSSR count). The topological polar surface area (TPSA) is 89.4 Å². The molecule has 0 fully saturated rings. The van der Waals surface area contributed by atoms with Crippen LogP contribution in [0.3, 0.4) is 0 Å². The fraction of sp³-hybridized carbons (Fsp3) is 0.0400. The summed E-state index contributed by atoms with van der Waals surface area (Å²) in [7, 11) is 1.32. The summed E-state index contributed by atoms with van der Waals surface area (Å²) < 4.78 is 4.64. The molecule has 0 radical (unpaired) electrons. The largest absolute Gasteiger partial charge is 0.478 e. The lowest BCUT2D eigenvalue weighted by atomic mass is 10.1. The summed E-state index contributed by atoms with van der Waals surface area (Å²) in [5.41, 5.74) is 3.29. The van der Waals surface area contributed by atoms with E-state index in [1.54, 1.807) is 42.5 Å². The molecule has 0 saturated heterocycles. The first-order chi connectivity index (χ1) is 16.7. The lowest BCUT2D eigenvalue weighted by Gasteiger charge is -2.06. The number of esters is 1. The van der Waals surface area contributed by atoms with Crippen LogP contribution >= 0.6 is 46.4 Å². The number of carboxylic acid groups (broad SMARTS) is 1. The first kappa shape index (κ1) is 26.4. The van der Waals surface area contributed by atoms with E-state index in [4.69, 9.17) is 51.5 Å². The number of hydrogen-bond acceptors (Lipinski definition) is 5. The van der Waals surface area contributed by atoms with E-state index >= 15 is 0 Å². The number of nitrogens with zero attached hydrogens (tertiary/aromatic N) is 2. The molecule has 178 valence electrons. The van der Waals surface area contributed by atoms with Gasteiger partial charge in [-0.1, -0.05) is 70.7 Å². The van der Waals surface area contributed by atoms with E-state index in [1.165, 1.54) is 25.6 Å². The fourth-order valence-corrected chi connectivity index (χ4v) is 3.58. The number of ether oxygens (including phenoxy) is 1. The summed E-state index contributed by atoms with van der Waals surface area (Å²) in [4.78, 5) is 30.1. The van der Waals surface area contributed by atoms with Gasteiger partial charge in [-0.05, 0) is 47.5 Å². The van der Waals surface area contributed by atoms with E-state index in [2.05, 4.69) is 14.7 Å². The maximum absolute atomic E-state index is 11.4. The second kappa shape index (κ2) is 12.0. The molecule has 0 bridgehead atoms.